The van der Waals surface area contributed by atoms with E-state index >= 15 is 0 Å². The van der Waals surface area contributed by atoms with Crippen LogP contribution >= 0.6 is 0 Å². The van der Waals surface area contributed by atoms with Gasteiger partial charge in [0.15, 0.2) is 0 Å². The summed E-state index contributed by atoms with van der Waals surface area (Å²) in [7, 11) is 0. The van der Waals surface area contributed by atoms with Gasteiger partial charge in [0, 0.05) is 39.3 Å². The topological polar surface area (TPSA) is 54.9 Å². The molecular formula is C16H23N3O3. The summed E-state index contributed by atoms with van der Waals surface area (Å²) in [5, 5.41) is 0. The van der Waals surface area contributed by atoms with Crippen molar-refractivity contribution in [2.75, 3.05) is 46.0 Å². The minimum atomic E-state index is -0.421. The highest BCUT2D eigenvalue weighted by Crippen LogP contribution is 2.23. The van der Waals surface area contributed by atoms with Crippen LogP contribution in [0.1, 0.15) is 12.6 Å². The van der Waals surface area contributed by atoms with Crippen LogP contribution in [0.4, 0.5) is 0 Å². The molecule has 0 radical (unpaired) electrons. The molecule has 1 aromatic rings. The molecule has 0 aliphatic carbocycles. The standard InChI is InChI=1S/C16H23N3O3/c1-14(20)19-7-8-21-13-16(12-19)11-18(6-9-22-16)10-15-4-2-3-5-17-15/h2-5H,6-13H2,1H3/t16-/m1/s1. The van der Waals surface area contributed by atoms with Gasteiger partial charge in [0.05, 0.1) is 32.1 Å². The molecule has 6 heteroatoms. The third kappa shape index (κ3) is 3.63. The van der Waals surface area contributed by atoms with E-state index in [4.69, 9.17) is 9.47 Å². The van der Waals surface area contributed by atoms with Crippen molar-refractivity contribution in [3.8, 4) is 0 Å². The Hall–Kier alpha value is -1.50. The summed E-state index contributed by atoms with van der Waals surface area (Å²) in [6, 6.07) is 5.96. The Labute approximate surface area is 131 Å². The van der Waals surface area contributed by atoms with Crippen LogP contribution in [-0.2, 0) is 20.8 Å². The fraction of sp³-hybridized carbons (Fsp3) is 0.625. The number of morpholine rings is 1. The van der Waals surface area contributed by atoms with Crippen molar-refractivity contribution < 1.29 is 14.3 Å². The van der Waals surface area contributed by atoms with Gasteiger partial charge < -0.3 is 14.4 Å². The van der Waals surface area contributed by atoms with E-state index in [-0.39, 0.29) is 5.91 Å². The molecule has 2 aliphatic rings. The maximum atomic E-state index is 11.7. The van der Waals surface area contributed by atoms with Crippen LogP contribution < -0.4 is 0 Å². The van der Waals surface area contributed by atoms with Gasteiger partial charge in [0.25, 0.3) is 0 Å². The summed E-state index contributed by atoms with van der Waals surface area (Å²) in [6.07, 6.45) is 1.82. The van der Waals surface area contributed by atoms with Crippen LogP contribution in [0.3, 0.4) is 0 Å². The zero-order chi connectivity index (χ0) is 15.4. The smallest absolute Gasteiger partial charge is 0.219 e. The molecule has 0 N–H and O–H groups in total. The number of aromatic nitrogens is 1. The van der Waals surface area contributed by atoms with Gasteiger partial charge in [-0.1, -0.05) is 6.07 Å². The normalized spacial score (nSPS) is 26.9. The Morgan fingerprint density at radius 2 is 2.23 bits per heavy atom. The van der Waals surface area contributed by atoms with Crippen molar-refractivity contribution >= 4 is 5.91 Å². The average Bonchev–Trinajstić information content (AvgIpc) is 2.71. The first-order valence-corrected chi connectivity index (χ1v) is 7.76. The molecule has 0 aromatic carbocycles. The Morgan fingerprint density at radius 3 is 3.00 bits per heavy atom. The van der Waals surface area contributed by atoms with Crippen LogP contribution in [0.25, 0.3) is 0 Å². The number of amides is 1. The van der Waals surface area contributed by atoms with Crippen LogP contribution in [0.2, 0.25) is 0 Å². The number of pyridine rings is 1. The van der Waals surface area contributed by atoms with Gasteiger partial charge in [-0.3, -0.25) is 14.7 Å². The molecule has 0 saturated carbocycles. The van der Waals surface area contributed by atoms with E-state index in [9.17, 15) is 4.79 Å². The second-order valence-corrected chi connectivity index (χ2v) is 6.06. The Kier molecular flexibility index (Phi) is 4.71. The lowest BCUT2D eigenvalue weighted by Gasteiger charge is -2.43. The molecule has 2 fully saturated rings. The fourth-order valence-corrected chi connectivity index (χ4v) is 3.14. The SMILES string of the molecule is CC(=O)N1CCOC[C@@]2(CN(Cc3ccccn3)CCO2)C1. The third-order valence-corrected chi connectivity index (χ3v) is 4.23. The molecule has 6 nitrogen and oxygen atoms in total. The molecule has 2 saturated heterocycles. The van der Waals surface area contributed by atoms with E-state index in [1.54, 1.807) is 6.92 Å². The molecular weight excluding hydrogens is 282 g/mol. The average molecular weight is 305 g/mol. The van der Waals surface area contributed by atoms with Crippen molar-refractivity contribution in [3.05, 3.63) is 30.1 Å². The number of carbonyl (C=O) groups is 1. The molecule has 0 bridgehead atoms. The second kappa shape index (κ2) is 6.73. The van der Waals surface area contributed by atoms with Crippen LogP contribution in [0.5, 0.6) is 0 Å². The van der Waals surface area contributed by atoms with Gasteiger partial charge in [-0.25, -0.2) is 0 Å². The lowest BCUT2D eigenvalue weighted by Crippen LogP contribution is -2.58. The van der Waals surface area contributed by atoms with Gasteiger partial charge in [0.1, 0.15) is 5.60 Å². The lowest BCUT2D eigenvalue weighted by atomic mass is 10.0. The van der Waals surface area contributed by atoms with Crippen LogP contribution in [-0.4, -0.2) is 72.3 Å². The van der Waals surface area contributed by atoms with Gasteiger partial charge in [-0.15, -0.1) is 0 Å². The first-order valence-electron chi connectivity index (χ1n) is 7.76. The predicted octanol–water partition coefficient (Wildman–Crippen LogP) is 0.531. The van der Waals surface area contributed by atoms with Crippen molar-refractivity contribution in [1.82, 2.24) is 14.8 Å². The molecule has 2 aliphatic heterocycles. The molecule has 120 valence electrons. The zero-order valence-corrected chi connectivity index (χ0v) is 13.0. The molecule has 0 unspecified atom stereocenters. The van der Waals surface area contributed by atoms with Crippen molar-refractivity contribution in [2.45, 2.75) is 19.1 Å². The van der Waals surface area contributed by atoms with Gasteiger partial charge >= 0.3 is 0 Å². The number of hydrogen-bond acceptors (Lipinski definition) is 5. The van der Waals surface area contributed by atoms with Crippen LogP contribution in [0.15, 0.2) is 24.4 Å². The van der Waals surface area contributed by atoms with E-state index in [0.29, 0.717) is 32.9 Å². The number of rotatable bonds is 2. The minimum absolute atomic E-state index is 0.0790. The first-order chi connectivity index (χ1) is 10.7. The highest BCUT2D eigenvalue weighted by molar-refractivity contribution is 5.73. The van der Waals surface area contributed by atoms with Crippen molar-refractivity contribution in [1.29, 1.82) is 0 Å². The summed E-state index contributed by atoms with van der Waals surface area (Å²) in [5.74, 6) is 0.0790. The molecule has 3 rings (SSSR count). The number of carbonyl (C=O) groups excluding carboxylic acids is 1. The third-order valence-electron chi connectivity index (χ3n) is 4.23. The summed E-state index contributed by atoms with van der Waals surface area (Å²) < 4.78 is 11.8. The second-order valence-electron chi connectivity index (χ2n) is 6.06. The van der Waals surface area contributed by atoms with Crippen molar-refractivity contribution in [2.24, 2.45) is 0 Å². The van der Waals surface area contributed by atoms with E-state index < -0.39 is 5.60 Å². The molecule has 1 amide bonds. The van der Waals surface area contributed by atoms with Gasteiger partial charge in [0.2, 0.25) is 5.91 Å². The minimum Gasteiger partial charge on any atom is -0.376 e. The molecule has 3 heterocycles. The largest absolute Gasteiger partial charge is 0.376 e. The summed E-state index contributed by atoms with van der Waals surface area (Å²) in [4.78, 5) is 20.3. The van der Waals surface area contributed by atoms with E-state index in [1.807, 2.05) is 29.3 Å². The Bertz CT molecular complexity index is 511. The molecule has 1 aromatic heterocycles. The summed E-state index contributed by atoms with van der Waals surface area (Å²) in [6.45, 7) is 7.04. The number of ether oxygens (including phenoxy) is 2. The highest BCUT2D eigenvalue weighted by Gasteiger charge is 2.40. The molecule has 22 heavy (non-hydrogen) atoms. The van der Waals surface area contributed by atoms with E-state index in [0.717, 1.165) is 25.3 Å². The van der Waals surface area contributed by atoms with E-state index in [1.165, 1.54) is 0 Å². The molecule has 1 atom stereocenters. The monoisotopic (exact) mass is 305 g/mol. The maximum absolute atomic E-state index is 11.7. The summed E-state index contributed by atoms with van der Waals surface area (Å²) in [5.41, 5.74) is 0.632. The molecule has 1 spiro atoms. The van der Waals surface area contributed by atoms with Gasteiger partial charge in [-0.05, 0) is 12.1 Å². The summed E-state index contributed by atoms with van der Waals surface area (Å²) >= 11 is 0. The Balaban J connectivity index is 1.69. The Morgan fingerprint density at radius 1 is 1.32 bits per heavy atom. The van der Waals surface area contributed by atoms with E-state index in [2.05, 4.69) is 9.88 Å². The van der Waals surface area contributed by atoms with Crippen LogP contribution in [0, 0.1) is 0 Å². The lowest BCUT2D eigenvalue weighted by molar-refractivity contribution is -0.151. The first kappa shape index (κ1) is 15.4. The predicted molar refractivity (Wildman–Crippen MR) is 81.3 cm³/mol. The van der Waals surface area contributed by atoms with Gasteiger partial charge in [-0.2, -0.15) is 0 Å². The van der Waals surface area contributed by atoms with Crippen molar-refractivity contribution in [3.63, 3.8) is 0 Å². The zero-order valence-electron chi connectivity index (χ0n) is 13.0. The highest BCUT2D eigenvalue weighted by atomic mass is 16.5. The quantitative estimate of drug-likeness (QED) is 0.798. The maximum Gasteiger partial charge on any atom is 0.219 e. The number of nitrogens with zero attached hydrogens (tertiary/aromatic N) is 3. The fourth-order valence-electron chi connectivity index (χ4n) is 3.14. The number of hydrogen-bond donors (Lipinski definition) is 0.